The fraction of sp³-hybridized carbons (Fsp3) is 0.679. The number of carbonyl (C=O) groups excluding carboxylic acids is 2. The van der Waals surface area contributed by atoms with E-state index in [9.17, 15) is 14.7 Å². The molecule has 6 unspecified atom stereocenters. The average Bonchev–Trinajstić information content (AvgIpc) is 3.18. The van der Waals surface area contributed by atoms with Crippen LogP contribution in [0.2, 0.25) is 0 Å². The van der Waals surface area contributed by atoms with Gasteiger partial charge in [-0.05, 0) is 50.2 Å². The molecule has 2 rings (SSSR count). The van der Waals surface area contributed by atoms with E-state index in [1.54, 1.807) is 25.2 Å². The van der Waals surface area contributed by atoms with Gasteiger partial charge in [-0.3, -0.25) is 9.59 Å². The lowest BCUT2D eigenvalue weighted by atomic mass is 9.70. The number of allylic oxidation sites excluding steroid dienone is 1. The lowest BCUT2D eigenvalue weighted by Crippen LogP contribution is -2.44. The van der Waals surface area contributed by atoms with E-state index in [1.165, 1.54) is 0 Å². The zero-order chi connectivity index (χ0) is 25.6. The van der Waals surface area contributed by atoms with Crippen molar-refractivity contribution < 1.29 is 19.4 Å². The number of ether oxygens (including phenoxy) is 1. The van der Waals surface area contributed by atoms with Crippen LogP contribution < -0.4 is 0 Å². The third kappa shape index (κ3) is 7.35. The van der Waals surface area contributed by atoms with Gasteiger partial charge < -0.3 is 9.84 Å². The van der Waals surface area contributed by atoms with E-state index in [2.05, 4.69) is 31.0 Å². The number of hydrogen-bond acceptors (Lipinski definition) is 6. The Bertz CT molecular complexity index is 900. The summed E-state index contributed by atoms with van der Waals surface area (Å²) in [7, 11) is 0. The van der Waals surface area contributed by atoms with Crippen molar-refractivity contribution in [2.24, 2.45) is 29.1 Å². The minimum absolute atomic E-state index is 0.000892. The zero-order valence-corrected chi connectivity index (χ0v) is 22.9. The number of aliphatic hydroxyl groups excluding tert-OH is 1. The van der Waals surface area contributed by atoms with Gasteiger partial charge >= 0.3 is 5.97 Å². The van der Waals surface area contributed by atoms with E-state index >= 15 is 0 Å². The maximum atomic E-state index is 13.3. The van der Waals surface area contributed by atoms with Crippen LogP contribution in [0.25, 0.3) is 6.08 Å². The van der Waals surface area contributed by atoms with Gasteiger partial charge in [0.15, 0.2) is 0 Å². The molecule has 0 aliphatic carbocycles. The summed E-state index contributed by atoms with van der Waals surface area (Å²) < 4.78 is 5.91. The van der Waals surface area contributed by atoms with Crippen LogP contribution in [0.4, 0.5) is 0 Å². The van der Waals surface area contributed by atoms with Crippen LogP contribution in [-0.2, 0) is 14.3 Å². The summed E-state index contributed by atoms with van der Waals surface area (Å²) in [5.41, 5.74) is 0.717. The molecule has 0 aromatic carbocycles. The summed E-state index contributed by atoms with van der Waals surface area (Å²) in [6.07, 6.45) is 7.48. The molecular weight excluding hydrogens is 446 g/mol. The Kier molecular flexibility index (Phi) is 10.3. The molecule has 0 radical (unpaired) electrons. The first-order valence-electron chi connectivity index (χ1n) is 12.5. The number of thiazole rings is 1. The highest BCUT2D eigenvalue weighted by Gasteiger charge is 2.41. The molecule has 34 heavy (non-hydrogen) atoms. The Labute approximate surface area is 209 Å². The molecule has 1 N–H and O–H groups in total. The summed E-state index contributed by atoms with van der Waals surface area (Å²) in [6, 6.07) is 0. The van der Waals surface area contributed by atoms with Crippen LogP contribution in [-0.4, -0.2) is 34.1 Å². The van der Waals surface area contributed by atoms with E-state index in [0.717, 1.165) is 35.5 Å². The first-order chi connectivity index (χ1) is 15.8. The van der Waals surface area contributed by atoms with E-state index in [0.29, 0.717) is 5.92 Å². The fourth-order valence-corrected chi connectivity index (χ4v) is 5.26. The van der Waals surface area contributed by atoms with Gasteiger partial charge in [-0.25, -0.2) is 4.98 Å². The fourth-order valence-electron chi connectivity index (χ4n) is 4.69. The number of cyclic esters (lactones) is 1. The monoisotopic (exact) mass is 489 g/mol. The van der Waals surface area contributed by atoms with Gasteiger partial charge in [-0.15, -0.1) is 11.3 Å². The molecule has 0 saturated heterocycles. The van der Waals surface area contributed by atoms with Gasteiger partial charge in [0.25, 0.3) is 0 Å². The summed E-state index contributed by atoms with van der Waals surface area (Å²) in [6.45, 7) is 15.7. The predicted octanol–water partition coefficient (Wildman–Crippen LogP) is 6.40. The molecule has 1 aromatic rings. The van der Waals surface area contributed by atoms with Gasteiger partial charge in [0.2, 0.25) is 0 Å². The second kappa shape index (κ2) is 12.3. The molecule has 0 amide bonds. The molecule has 6 heteroatoms. The number of carbonyl (C=O) groups is 2. The summed E-state index contributed by atoms with van der Waals surface area (Å²) >= 11 is 1.58. The van der Waals surface area contributed by atoms with Crippen LogP contribution in [0.5, 0.6) is 0 Å². The smallest absolute Gasteiger partial charge is 0.309 e. The lowest BCUT2D eigenvalue weighted by molar-refractivity contribution is -0.154. The molecule has 0 bridgehead atoms. The number of aliphatic hydroxyl groups is 1. The molecule has 2 heterocycles. The number of nitrogens with zero attached hydrogens (tertiary/aromatic N) is 1. The third-order valence-corrected chi connectivity index (χ3v) is 8.39. The molecule has 6 atom stereocenters. The minimum atomic E-state index is -1.11. The van der Waals surface area contributed by atoms with Crippen molar-refractivity contribution >= 4 is 29.2 Å². The van der Waals surface area contributed by atoms with Gasteiger partial charge in [0.1, 0.15) is 11.9 Å². The van der Waals surface area contributed by atoms with Crippen molar-refractivity contribution in [1.29, 1.82) is 0 Å². The number of ketones is 1. The largest absolute Gasteiger partial charge is 0.457 e. The Morgan fingerprint density at radius 2 is 1.91 bits per heavy atom. The lowest BCUT2D eigenvalue weighted by Gasteiger charge is -2.35. The number of Topliss-reactive ketones (excluding diaryl/α,β-unsaturated/α-hetero) is 1. The van der Waals surface area contributed by atoms with Crippen molar-refractivity contribution in [2.75, 3.05) is 0 Å². The topological polar surface area (TPSA) is 76.5 Å². The maximum Gasteiger partial charge on any atom is 0.309 e. The summed E-state index contributed by atoms with van der Waals surface area (Å²) in [5, 5.41) is 13.9. The van der Waals surface area contributed by atoms with Gasteiger partial charge in [-0.2, -0.15) is 0 Å². The normalized spacial score (nSPS) is 33.4. The number of rotatable bonds is 2. The standard InChI is InChI=1S/C28H43NO4S/c1-17-12-10-9-11-13-18(2)26(19(3)14-23-16-34-22(6)29-23)33-25(31)15-24(30)28(7,8)27(32)21(5)20(17)4/h11,13-14,16-18,20-21,24,26,30H,9-10,12,15H2,1-8H3/b13-11+,19-14+. The highest BCUT2D eigenvalue weighted by molar-refractivity contribution is 7.09. The number of aryl methyl sites for hydroxylation is 1. The molecule has 0 saturated carbocycles. The molecule has 1 aromatic heterocycles. The van der Waals surface area contributed by atoms with E-state index in [4.69, 9.17) is 4.74 Å². The molecule has 190 valence electrons. The second-order valence-corrected chi connectivity index (χ2v) is 11.8. The Morgan fingerprint density at radius 3 is 2.53 bits per heavy atom. The molecule has 1 aliphatic rings. The molecule has 1 aliphatic heterocycles. The highest BCUT2D eigenvalue weighted by Crippen LogP contribution is 2.35. The third-order valence-electron chi connectivity index (χ3n) is 7.59. The predicted molar refractivity (Wildman–Crippen MR) is 139 cm³/mol. The highest BCUT2D eigenvalue weighted by atomic mass is 32.1. The Morgan fingerprint density at radius 1 is 1.24 bits per heavy atom. The molecule has 0 spiro atoms. The zero-order valence-electron chi connectivity index (χ0n) is 22.1. The van der Waals surface area contributed by atoms with Gasteiger partial charge in [-0.1, -0.05) is 60.1 Å². The van der Waals surface area contributed by atoms with Crippen LogP contribution in [0.1, 0.15) is 84.9 Å². The van der Waals surface area contributed by atoms with Crippen LogP contribution >= 0.6 is 11.3 Å². The van der Waals surface area contributed by atoms with Crippen LogP contribution in [0, 0.1) is 36.0 Å². The van der Waals surface area contributed by atoms with E-state index < -0.39 is 23.6 Å². The molecular formula is C28H43NO4S. The first-order valence-corrected chi connectivity index (χ1v) is 13.4. The van der Waals surface area contributed by atoms with Gasteiger partial charge in [0, 0.05) is 17.2 Å². The summed E-state index contributed by atoms with van der Waals surface area (Å²) in [5.74, 6) is -0.126. The number of esters is 1. The molecule has 5 nitrogen and oxygen atoms in total. The van der Waals surface area contributed by atoms with Crippen LogP contribution in [0.3, 0.4) is 0 Å². The Balaban J connectivity index is 2.34. The number of aromatic nitrogens is 1. The van der Waals surface area contributed by atoms with Crippen molar-refractivity contribution in [3.63, 3.8) is 0 Å². The van der Waals surface area contributed by atoms with E-state index in [-0.39, 0.29) is 30.0 Å². The minimum Gasteiger partial charge on any atom is -0.457 e. The average molecular weight is 490 g/mol. The van der Waals surface area contributed by atoms with Crippen molar-refractivity contribution in [3.8, 4) is 0 Å². The maximum absolute atomic E-state index is 13.3. The van der Waals surface area contributed by atoms with Crippen molar-refractivity contribution in [1.82, 2.24) is 4.98 Å². The quantitative estimate of drug-likeness (QED) is 0.384. The number of hydrogen-bond donors (Lipinski definition) is 1. The summed E-state index contributed by atoms with van der Waals surface area (Å²) in [4.78, 5) is 30.8. The van der Waals surface area contributed by atoms with Crippen molar-refractivity contribution in [3.05, 3.63) is 33.8 Å². The first kappa shape index (κ1) is 28.4. The second-order valence-electron chi connectivity index (χ2n) is 10.7. The molecule has 0 fully saturated rings. The van der Waals surface area contributed by atoms with Crippen LogP contribution in [0.15, 0.2) is 23.1 Å². The van der Waals surface area contributed by atoms with Gasteiger partial charge in [0.05, 0.1) is 28.6 Å². The van der Waals surface area contributed by atoms with E-state index in [1.807, 2.05) is 39.2 Å². The SMILES string of the molecule is C/C(=C\c1csc(C)n1)C1OC(=O)CC(O)C(C)(C)C(=O)C(C)C(C)C(C)CCC/C=C/C1C. The Hall–Kier alpha value is -1.79. The van der Waals surface area contributed by atoms with Crippen molar-refractivity contribution in [2.45, 2.75) is 93.3 Å².